The van der Waals surface area contributed by atoms with Crippen molar-refractivity contribution in [3.63, 3.8) is 0 Å². The van der Waals surface area contributed by atoms with Gasteiger partial charge in [-0.15, -0.1) is 0 Å². The Bertz CT molecular complexity index is 484. The van der Waals surface area contributed by atoms with Crippen LogP contribution in [0, 0.1) is 0 Å². The Morgan fingerprint density at radius 3 is 2.70 bits per heavy atom. The quantitative estimate of drug-likeness (QED) is 0.673. The van der Waals surface area contributed by atoms with Gasteiger partial charge in [0.2, 0.25) is 5.91 Å². The first-order valence-corrected chi connectivity index (χ1v) is 6.79. The minimum absolute atomic E-state index is 0.0125. The zero-order chi connectivity index (χ0) is 14.4. The third-order valence-electron chi connectivity index (χ3n) is 3.23. The fourth-order valence-corrected chi connectivity index (χ4v) is 2.24. The molecule has 1 fully saturated rings. The molecule has 1 aliphatic rings. The fraction of sp³-hybridized carbons (Fsp3) is 0.429. The predicted molar refractivity (Wildman–Crippen MR) is 78.8 cm³/mol. The maximum absolute atomic E-state index is 11.9. The van der Waals surface area contributed by atoms with Crippen molar-refractivity contribution in [2.45, 2.75) is 25.3 Å². The van der Waals surface area contributed by atoms with E-state index < -0.39 is 0 Å². The first kappa shape index (κ1) is 14.3. The van der Waals surface area contributed by atoms with E-state index >= 15 is 0 Å². The van der Waals surface area contributed by atoms with Crippen molar-refractivity contribution in [3.8, 4) is 0 Å². The van der Waals surface area contributed by atoms with E-state index in [1.54, 1.807) is 31.3 Å². The summed E-state index contributed by atoms with van der Waals surface area (Å²) in [4.78, 5) is 23.1. The Morgan fingerprint density at radius 2 is 2.05 bits per heavy atom. The highest BCUT2D eigenvalue weighted by molar-refractivity contribution is 5.93. The molecular formula is C14H20N4O2. The molecule has 2 rings (SSSR count). The number of nitrogens with one attached hydrogen (secondary N) is 4. The van der Waals surface area contributed by atoms with Gasteiger partial charge in [-0.2, -0.15) is 0 Å². The largest absolute Gasteiger partial charge is 0.341 e. The van der Waals surface area contributed by atoms with Crippen LogP contribution in [0.4, 0.5) is 16.2 Å². The molecule has 0 radical (unpaired) electrons. The highest BCUT2D eigenvalue weighted by Crippen LogP contribution is 2.16. The standard InChI is InChI=1S/C14H20N4O2/c1-15-14(20)18-12-5-2-4-11(8-12)17-13(19)9-10-6-3-7-16-10/h2,4-5,8,10,16H,3,6-7,9H2,1H3,(H,17,19)(H2,15,18,20). The van der Waals surface area contributed by atoms with Gasteiger partial charge in [-0.05, 0) is 37.6 Å². The van der Waals surface area contributed by atoms with Crippen LogP contribution in [0.25, 0.3) is 0 Å². The molecule has 1 aromatic carbocycles. The lowest BCUT2D eigenvalue weighted by Crippen LogP contribution is -2.27. The fourth-order valence-electron chi connectivity index (χ4n) is 2.24. The normalized spacial score (nSPS) is 17.6. The van der Waals surface area contributed by atoms with Gasteiger partial charge in [0.25, 0.3) is 0 Å². The monoisotopic (exact) mass is 276 g/mol. The molecule has 1 heterocycles. The number of hydrogen-bond donors (Lipinski definition) is 4. The molecule has 1 unspecified atom stereocenters. The lowest BCUT2D eigenvalue weighted by atomic mass is 10.1. The number of hydrogen-bond acceptors (Lipinski definition) is 3. The SMILES string of the molecule is CNC(=O)Nc1cccc(NC(=O)CC2CCCN2)c1. The molecule has 0 aliphatic carbocycles. The van der Waals surface area contributed by atoms with Gasteiger partial charge in [-0.1, -0.05) is 6.07 Å². The van der Waals surface area contributed by atoms with Gasteiger partial charge in [0, 0.05) is 30.9 Å². The number of rotatable bonds is 4. The molecule has 1 saturated heterocycles. The first-order chi connectivity index (χ1) is 9.67. The average Bonchev–Trinajstić information content (AvgIpc) is 2.91. The predicted octanol–water partition coefficient (Wildman–Crippen LogP) is 1.52. The summed E-state index contributed by atoms with van der Waals surface area (Å²) in [5, 5.41) is 11.3. The second kappa shape index (κ2) is 6.91. The minimum atomic E-state index is -0.288. The third-order valence-corrected chi connectivity index (χ3v) is 3.23. The number of benzene rings is 1. The maximum Gasteiger partial charge on any atom is 0.318 e. The average molecular weight is 276 g/mol. The van der Waals surface area contributed by atoms with Crippen molar-refractivity contribution in [2.24, 2.45) is 0 Å². The summed E-state index contributed by atoms with van der Waals surface area (Å²) in [6.45, 7) is 0.990. The van der Waals surface area contributed by atoms with E-state index in [2.05, 4.69) is 21.3 Å². The number of anilines is 2. The zero-order valence-corrected chi connectivity index (χ0v) is 11.5. The van der Waals surface area contributed by atoms with Crippen molar-refractivity contribution >= 4 is 23.3 Å². The molecule has 0 bridgehead atoms. The van der Waals surface area contributed by atoms with E-state index in [0.717, 1.165) is 19.4 Å². The van der Waals surface area contributed by atoms with Crippen molar-refractivity contribution in [1.29, 1.82) is 0 Å². The number of urea groups is 1. The van der Waals surface area contributed by atoms with Gasteiger partial charge >= 0.3 is 6.03 Å². The van der Waals surface area contributed by atoms with E-state index in [4.69, 9.17) is 0 Å². The van der Waals surface area contributed by atoms with Crippen molar-refractivity contribution in [2.75, 3.05) is 24.2 Å². The van der Waals surface area contributed by atoms with Gasteiger partial charge < -0.3 is 21.3 Å². The van der Waals surface area contributed by atoms with Crippen LogP contribution in [0.5, 0.6) is 0 Å². The van der Waals surface area contributed by atoms with Gasteiger partial charge in [-0.25, -0.2) is 4.79 Å². The molecule has 0 aromatic heterocycles. The summed E-state index contributed by atoms with van der Waals surface area (Å²) >= 11 is 0. The van der Waals surface area contributed by atoms with Gasteiger partial charge in [-0.3, -0.25) is 4.79 Å². The van der Waals surface area contributed by atoms with Crippen LogP contribution in [-0.2, 0) is 4.79 Å². The van der Waals surface area contributed by atoms with E-state index in [1.165, 1.54) is 0 Å². The molecule has 108 valence electrons. The van der Waals surface area contributed by atoms with Crippen molar-refractivity contribution in [1.82, 2.24) is 10.6 Å². The van der Waals surface area contributed by atoms with Crippen LogP contribution in [0.2, 0.25) is 0 Å². The smallest absolute Gasteiger partial charge is 0.318 e. The molecule has 0 saturated carbocycles. The summed E-state index contributed by atoms with van der Waals surface area (Å²) in [5.41, 5.74) is 1.32. The summed E-state index contributed by atoms with van der Waals surface area (Å²) in [6, 6.07) is 7.08. The zero-order valence-electron chi connectivity index (χ0n) is 11.5. The Hall–Kier alpha value is -2.08. The molecule has 6 heteroatoms. The molecule has 1 atom stereocenters. The van der Waals surface area contributed by atoms with Crippen LogP contribution in [0.15, 0.2) is 24.3 Å². The van der Waals surface area contributed by atoms with Crippen molar-refractivity contribution in [3.05, 3.63) is 24.3 Å². The Kier molecular flexibility index (Phi) is 4.95. The van der Waals surface area contributed by atoms with Crippen LogP contribution < -0.4 is 21.3 Å². The summed E-state index contributed by atoms with van der Waals surface area (Å²) in [7, 11) is 1.55. The van der Waals surface area contributed by atoms with Crippen LogP contribution >= 0.6 is 0 Å². The topological polar surface area (TPSA) is 82.3 Å². The molecule has 20 heavy (non-hydrogen) atoms. The van der Waals surface area contributed by atoms with Gasteiger partial charge in [0.05, 0.1) is 0 Å². The first-order valence-electron chi connectivity index (χ1n) is 6.79. The van der Waals surface area contributed by atoms with Crippen molar-refractivity contribution < 1.29 is 9.59 Å². The van der Waals surface area contributed by atoms with E-state index in [9.17, 15) is 9.59 Å². The highest BCUT2D eigenvalue weighted by atomic mass is 16.2. The molecule has 0 spiro atoms. The Balaban J connectivity index is 1.89. The molecule has 3 amide bonds. The molecule has 4 N–H and O–H groups in total. The molecule has 1 aromatic rings. The van der Waals surface area contributed by atoms with E-state index in [0.29, 0.717) is 17.8 Å². The number of amides is 3. The second-order valence-electron chi connectivity index (χ2n) is 4.83. The summed E-state index contributed by atoms with van der Waals surface area (Å²) in [5.74, 6) is -0.0125. The maximum atomic E-state index is 11.9. The van der Waals surface area contributed by atoms with Gasteiger partial charge in [0.15, 0.2) is 0 Å². The van der Waals surface area contributed by atoms with Crippen LogP contribution in [0.3, 0.4) is 0 Å². The molecular weight excluding hydrogens is 256 g/mol. The Morgan fingerprint density at radius 1 is 1.30 bits per heavy atom. The minimum Gasteiger partial charge on any atom is -0.341 e. The second-order valence-corrected chi connectivity index (χ2v) is 4.83. The number of carbonyl (C=O) groups excluding carboxylic acids is 2. The van der Waals surface area contributed by atoms with Gasteiger partial charge in [0.1, 0.15) is 0 Å². The summed E-state index contributed by atoms with van der Waals surface area (Å²) < 4.78 is 0. The number of carbonyl (C=O) groups is 2. The third kappa shape index (κ3) is 4.24. The molecule has 6 nitrogen and oxygen atoms in total. The lowest BCUT2D eigenvalue weighted by molar-refractivity contribution is -0.116. The Labute approximate surface area is 118 Å². The molecule has 1 aliphatic heterocycles. The van der Waals surface area contributed by atoms with Crippen LogP contribution in [-0.4, -0.2) is 31.6 Å². The summed E-state index contributed by atoms with van der Waals surface area (Å²) in [6.07, 6.45) is 2.66. The van der Waals surface area contributed by atoms with E-state index in [-0.39, 0.29) is 18.0 Å². The lowest BCUT2D eigenvalue weighted by Gasteiger charge is -2.11. The van der Waals surface area contributed by atoms with Crippen LogP contribution in [0.1, 0.15) is 19.3 Å². The van der Waals surface area contributed by atoms with E-state index in [1.807, 2.05) is 0 Å². The highest BCUT2D eigenvalue weighted by Gasteiger charge is 2.17.